The SMILES string of the molecule is CC1(C)OC2(C(=O)N(Cc3cc(F)ccc3F)c3ncccc32)C1(C)C. The van der Waals surface area contributed by atoms with Crippen molar-refractivity contribution >= 4 is 11.7 Å². The Morgan fingerprint density at radius 2 is 1.88 bits per heavy atom. The number of anilines is 1. The van der Waals surface area contributed by atoms with Crippen LogP contribution in [0.5, 0.6) is 0 Å². The van der Waals surface area contributed by atoms with Gasteiger partial charge in [-0.2, -0.15) is 0 Å². The molecule has 6 heteroatoms. The van der Waals surface area contributed by atoms with Crippen molar-refractivity contribution < 1.29 is 18.3 Å². The third-order valence-corrected chi connectivity index (χ3v) is 6.10. The summed E-state index contributed by atoms with van der Waals surface area (Å²) in [6.07, 6.45) is 1.58. The summed E-state index contributed by atoms with van der Waals surface area (Å²) in [5, 5.41) is 0. The maximum Gasteiger partial charge on any atom is 0.266 e. The maximum atomic E-state index is 14.1. The average Bonchev–Trinajstić information content (AvgIpc) is 2.82. The summed E-state index contributed by atoms with van der Waals surface area (Å²) < 4.78 is 33.8. The van der Waals surface area contributed by atoms with Crippen molar-refractivity contribution in [2.45, 2.75) is 45.4 Å². The Morgan fingerprint density at radius 3 is 2.54 bits per heavy atom. The summed E-state index contributed by atoms with van der Waals surface area (Å²) in [6, 6.07) is 6.79. The number of pyridine rings is 1. The van der Waals surface area contributed by atoms with E-state index < -0.39 is 28.3 Å². The normalized spacial score (nSPS) is 25.3. The number of fused-ring (bicyclic) bond motifs is 2. The summed E-state index contributed by atoms with van der Waals surface area (Å²) in [5.41, 5.74) is -1.39. The predicted molar refractivity (Wildman–Crippen MR) is 92.4 cm³/mol. The second-order valence-electron chi connectivity index (χ2n) is 7.92. The molecule has 4 rings (SSSR count). The molecular weight excluding hydrogens is 338 g/mol. The zero-order valence-corrected chi connectivity index (χ0v) is 15.1. The molecule has 0 N–H and O–H groups in total. The number of rotatable bonds is 2. The predicted octanol–water partition coefficient (Wildman–Crippen LogP) is 3.94. The summed E-state index contributed by atoms with van der Waals surface area (Å²) >= 11 is 0. The first-order valence-electron chi connectivity index (χ1n) is 8.53. The van der Waals surface area contributed by atoms with Gasteiger partial charge in [0.25, 0.3) is 5.91 Å². The molecule has 0 saturated carbocycles. The van der Waals surface area contributed by atoms with Crippen LogP contribution < -0.4 is 4.90 Å². The smallest absolute Gasteiger partial charge is 0.266 e. The van der Waals surface area contributed by atoms with Crippen LogP contribution in [0.4, 0.5) is 14.6 Å². The van der Waals surface area contributed by atoms with Crippen LogP contribution in [0.1, 0.15) is 38.8 Å². The number of amides is 1. The summed E-state index contributed by atoms with van der Waals surface area (Å²) in [5.74, 6) is -0.971. The van der Waals surface area contributed by atoms with E-state index in [0.717, 1.165) is 18.2 Å². The van der Waals surface area contributed by atoms with Gasteiger partial charge in [-0.25, -0.2) is 13.8 Å². The van der Waals surface area contributed by atoms with Crippen molar-refractivity contribution in [2.75, 3.05) is 4.90 Å². The van der Waals surface area contributed by atoms with Crippen LogP contribution in [0.2, 0.25) is 0 Å². The van der Waals surface area contributed by atoms with Crippen LogP contribution in [0.25, 0.3) is 0 Å². The lowest BCUT2D eigenvalue weighted by Gasteiger charge is -2.63. The fourth-order valence-corrected chi connectivity index (χ4v) is 3.99. The molecule has 2 aromatic rings. The van der Waals surface area contributed by atoms with Gasteiger partial charge in [-0.3, -0.25) is 9.69 Å². The monoisotopic (exact) mass is 358 g/mol. The lowest BCUT2D eigenvalue weighted by Crippen LogP contribution is -2.72. The molecule has 0 radical (unpaired) electrons. The Kier molecular flexibility index (Phi) is 3.35. The van der Waals surface area contributed by atoms with Crippen molar-refractivity contribution in [1.29, 1.82) is 0 Å². The highest BCUT2D eigenvalue weighted by atomic mass is 19.1. The highest BCUT2D eigenvalue weighted by Gasteiger charge is 2.75. The van der Waals surface area contributed by atoms with E-state index in [1.807, 2.05) is 33.8 Å². The molecule has 1 aromatic carbocycles. The highest BCUT2D eigenvalue weighted by molar-refractivity contribution is 6.07. The molecule has 0 aliphatic carbocycles. The first-order chi connectivity index (χ1) is 12.1. The lowest BCUT2D eigenvalue weighted by atomic mass is 9.57. The number of carbonyl (C=O) groups excluding carboxylic acids is 1. The molecule has 4 nitrogen and oxygen atoms in total. The van der Waals surface area contributed by atoms with Crippen LogP contribution in [0.3, 0.4) is 0 Å². The highest BCUT2D eigenvalue weighted by Crippen LogP contribution is 2.66. The minimum absolute atomic E-state index is 0.100. The van der Waals surface area contributed by atoms with Crippen molar-refractivity contribution in [2.24, 2.45) is 5.41 Å². The topological polar surface area (TPSA) is 42.4 Å². The maximum absolute atomic E-state index is 14.1. The number of aromatic nitrogens is 1. The first kappa shape index (κ1) is 17.1. The molecule has 1 saturated heterocycles. The molecule has 2 aliphatic rings. The Bertz CT molecular complexity index is 926. The van der Waals surface area contributed by atoms with Crippen LogP contribution in [0.15, 0.2) is 36.5 Å². The number of carbonyl (C=O) groups is 1. The second kappa shape index (κ2) is 5.10. The molecule has 3 heterocycles. The van der Waals surface area contributed by atoms with E-state index in [9.17, 15) is 13.6 Å². The number of hydrogen-bond donors (Lipinski definition) is 0. The fourth-order valence-electron chi connectivity index (χ4n) is 3.99. The van der Waals surface area contributed by atoms with E-state index in [4.69, 9.17) is 4.74 Å². The van der Waals surface area contributed by atoms with Crippen molar-refractivity contribution in [3.8, 4) is 0 Å². The number of benzene rings is 1. The van der Waals surface area contributed by atoms with Gasteiger partial charge < -0.3 is 4.74 Å². The Morgan fingerprint density at radius 1 is 1.15 bits per heavy atom. The summed E-state index contributed by atoms with van der Waals surface area (Å²) in [6.45, 7) is 7.75. The molecule has 1 aromatic heterocycles. The largest absolute Gasteiger partial charge is 0.353 e. The standard InChI is InChI=1S/C20H20F2N2O2/c1-18(2)19(3,4)26-20(18)14-6-5-9-23-16(14)24(17(20)25)11-12-10-13(21)7-8-15(12)22/h5-10H,11H2,1-4H3. The number of ether oxygens (including phenoxy) is 1. The van der Waals surface area contributed by atoms with Gasteiger partial charge in [0.15, 0.2) is 5.60 Å². The summed E-state index contributed by atoms with van der Waals surface area (Å²) in [7, 11) is 0. The molecule has 0 bridgehead atoms. The van der Waals surface area contributed by atoms with E-state index in [1.54, 1.807) is 12.3 Å². The number of hydrogen-bond acceptors (Lipinski definition) is 3. The van der Waals surface area contributed by atoms with E-state index in [-0.39, 0.29) is 18.0 Å². The molecule has 136 valence electrons. The van der Waals surface area contributed by atoms with E-state index in [0.29, 0.717) is 11.4 Å². The van der Waals surface area contributed by atoms with E-state index in [1.165, 1.54) is 4.90 Å². The summed E-state index contributed by atoms with van der Waals surface area (Å²) in [4.78, 5) is 19.1. The van der Waals surface area contributed by atoms with E-state index >= 15 is 0 Å². The molecule has 2 aliphatic heterocycles. The number of halogens is 2. The van der Waals surface area contributed by atoms with Gasteiger partial charge >= 0.3 is 0 Å². The van der Waals surface area contributed by atoms with Gasteiger partial charge in [-0.15, -0.1) is 0 Å². The van der Waals surface area contributed by atoms with Crippen molar-refractivity contribution in [3.63, 3.8) is 0 Å². The van der Waals surface area contributed by atoms with Crippen LogP contribution in [-0.2, 0) is 21.7 Å². The zero-order chi connectivity index (χ0) is 18.9. The van der Waals surface area contributed by atoms with Crippen LogP contribution in [0, 0.1) is 17.0 Å². The number of nitrogens with zero attached hydrogens (tertiary/aromatic N) is 2. The molecule has 1 unspecified atom stereocenters. The second-order valence-corrected chi connectivity index (χ2v) is 7.92. The Hall–Kier alpha value is -2.34. The third-order valence-electron chi connectivity index (χ3n) is 6.10. The molecular formula is C20H20F2N2O2. The van der Waals surface area contributed by atoms with Crippen molar-refractivity contribution in [1.82, 2.24) is 4.98 Å². The molecule has 1 atom stereocenters. The van der Waals surface area contributed by atoms with Crippen LogP contribution >= 0.6 is 0 Å². The molecule has 26 heavy (non-hydrogen) atoms. The van der Waals surface area contributed by atoms with E-state index in [2.05, 4.69) is 4.98 Å². The fraction of sp³-hybridized carbons (Fsp3) is 0.400. The van der Waals surface area contributed by atoms with Crippen LogP contribution in [-0.4, -0.2) is 16.5 Å². The Balaban J connectivity index is 1.82. The van der Waals surface area contributed by atoms with Gasteiger partial charge in [0, 0.05) is 22.7 Å². The van der Waals surface area contributed by atoms with Gasteiger partial charge in [0.2, 0.25) is 0 Å². The van der Waals surface area contributed by atoms with Gasteiger partial charge in [-0.1, -0.05) is 19.9 Å². The minimum atomic E-state index is -1.16. The molecule has 1 spiro atoms. The minimum Gasteiger partial charge on any atom is -0.353 e. The van der Waals surface area contributed by atoms with Gasteiger partial charge in [0.05, 0.1) is 12.1 Å². The Labute approximate surface area is 150 Å². The third kappa shape index (κ3) is 1.91. The first-order valence-corrected chi connectivity index (χ1v) is 8.53. The van der Waals surface area contributed by atoms with Gasteiger partial charge in [-0.05, 0) is 38.1 Å². The molecule has 1 amide bonds. The van der Waals surface area contributed by atoms with Gasteiger partial charge in [0.1, 0.15) is 17.5 Å². The quantitative estimate of drug-likeness (QED) is 0.817. The molecule has 1 fully saturated rings. The lowest BCUT2D eigenvalue weighted by molar-refractivity contribution is -0.342. The van der Waals surface area contributed by atoms with Crippen molar-refractivity contribution in [3.05, 3.63) is 59.3 Å². The average molecular weight is 358 g/mol. The zero-order valence-electron chi connectivity index (χ0n) is 15.1.